The van der Waals surface area contributed by atoms with E-state index in [1.54, 1.807) is 22.8 Å². The summed E-state index contributed by atoms with van der Waals surface area (Å²) in [6, 6.07) is 12.6. The summed E-state index contributed by atoms with van der Waals surface area (Å²) in [6.07, 6.45) is 0. The van der Waals surface area contributed by atoms with Crippen LogP contribution in [-0.4, -0.2) is 13.0 Å². The minimum atomic E-state index is -3.52. The first kappa shape index (κ1) is 16.7. The first-order valence-electron chi connectivity index (χ1n) is 7.58. The van der Waals surface area contributed by atoms with Gasteiger partial charge in [0.25, 0.3) is 0 Å². The molecule has 1 heterocycles. The quantitative estimate of drug-likeness (QED) is 0.757. The monoisotopic (exact) mass is 362 g/mol. The van der Waals surface area contributed by atoms with E-state index in [4.69, 9.17) is 0 Å². The molecule has 0 bridgehead atoms. The third kappa shape index (κ3) is 3.37. The maximum absolute atomic E-state index is 12.4. The van der Waals surface area contributed by atoms with Crippen LogP contribution in [-0.2, 0) is 22.3 Å². The first-order chi connectivity index (χ1) is 11.4. The van der Waals surface area contributed by atoms with Crippen molar-refractivity contribution in [2.24, 2.45) is 0 Å². The number of anilines is 1. The summed E-state index contributed by atoms with van der Waals surface area (Å²) in [5, 5.41) is 0. The number of aromatic nitrogens is 1. The minimum Gasteiger partial charge on any atom is -0.299 e. The smallest absolute Gasteiger partial charge is 0.299 e. The van der Waals surface area contributed by atoms with Gasteiger partial charge in [-0.3, -0.25) is 14.1 Å². The van der Waals surface area contributed by atoms with Gasteiger partial charge < -0.3 is 0 Å². The number of thiazole rings is 1. The number of nitrogens with zero attached hydrogens (tertiary/aromatic N) is 1. The van der Waals surface area contributed by atoms with Crippen molar-refractivity contribution in [2.75, 3.05) is 4.72 Å². The number of aryl methyl sites for hydroxylation is 2. The second-order valence-electron chi connectivity index (χ2n) is 5.58. The van der Waals surface area contributed by atoms with E-state index in [0.29, 0.717) is 12.2 Å². The summed E-state index contributed by atoms with van der Waals surface area (Å²) in [5.41, 5.74) is 3.01. The van der Waals surface area contributed by atoms with Crippen LogP contribution in [0.4, 0.5) is 5.69 Å². The van der Waals surface area contributed by atoms with E-state index in [0.717, 1.165) is 32.7 Å². The average Bonchev–Trinajstić information content (AvgIpc) is 2.83. The molecule has 0 aliphatic carbocycles. The molecule has 1 aromatic heterocycles. The van der Waals surface area contributed by atoms with E-state index in [1.165, 1.54) is 0 Å². The number of benzene rings is 2. The first-order valence-corrected chi connectivity index (χ1v) is 10.0. The lowest BCUT2D eigenvalue weighted by atomic mass is 10.1. The van der Waals surface area contributed by atoms with Crippen molar-refractivity contribution in [1.29, 1.82) is 0 Å². The van der Waals surface area contributed by atoms with Crippen molar-refractivity contribution in [3.05, 3.63) is 63.3 Å². The lowest BCUT2D eigenvalue weighted by molar-refractivity contribution is 0.600. The Hall–Kier alpha value is -2.12. The highest BCUT2D eigenvalue weighted by Crippen LogP contribution is 2.23. The van der Waals surface area contributed by atoms with Gasteiger partial charge in [-0.2, -0.15) is 0 Å². The predicted octanol–water partition coefficient (Wildman–Crippen LogP) is 3.33. The highest BCUT2D eigenvalue weighted by atomic mass is 32.2. The van der Waals surface area contributed by atoms with Crippen LogP contribution in [0.2, 0.25) is 0 Å². The fourth-order valence-electron chi connectivity index (χ4n) is 2.62. The number of sulfonamides is 1. The Morgan fingerprint density at radius 3 is 2.62 bits per heavy atom. The molecule has 0 atom stereocenters. The average molecular weight is 362 g/mol. The molecule has 0 radical (unpaired) electrons. The maximum atomic E-state index is 12.4. The number of fused-ring (bicyclic) bond motifs is 1. The summed E-state index contributed by atoms with van der Waals surface area (Å²) in [7, 11) is -3.52. The van der Waals surface area contributed by atoms with Gasteiger partial charge in [-0.05, 0) is 43.2 Å². The molecular formula is C17H18N2O3S2. The van der Waals surface area contributed by atoms with Crippen LogP contribution < -0.4 is 9.60 Å². The summed E-state index contributed by atoms with van der Waals surface area (Å²) >= 11 is 1.12. The predicted molar refractivity (Wildman–Crippen MR) is 99.2 cm³/mol. The highest BCUT2D eigenvalue weighted by Gasteiger charge is 2.14. The van der Waals surface area contributed by atoms with Gasteiger partial charge in [-0.1, -0.05) is 35.6 Å². The molecule has 0 amide bonds. The maximum Gasteiger partial charge on any atom is 0.308 e. The second-order valence-corrected chi connectivity index (χ2v) is 8.30. The lowest BCUT2D eigenvalue weighted by Gasteiger charge is -2.10. The van der Waals surface area contributed by atoms with Crippen molar-refractivity contribution in [1.82, 2.24) is 4.57 Å². The fraction of sp³-hybridized carbons (Fsp3) is 0.235. The van der Waals surface area contributed by atoms with Crippen LogP contribution in [0.25, 0.3) is 10.2 Å². The Balaban J connectivity index is 1.88. The third-order valence-electron chi connectivity index (χ3n) is 3.86. The van der Waals surface area contributed by atoms with Gasteiger partial charge in [-0.25, -0.2) is 8.42 Å². The Kier molecular flexibility index (Phi) is 4.47. The van der Waals surface area contributed by atoms with E-state index in [9.17, 15) is 13.2 Å². The van der Waals surface area contributed by atoms with E-state index in [-0.39, 0.29) is 10.6 Å². The Labute approximate surface area is 144 Å². The van der Waals surface area contributed by atoms with Crippen LogP contribution in [0.15, 0.2) is 47.3 Å². The molecule has 126 valence electrons. The van der Waals surface area contributed by atoms with E-state index in [2.05, 4.69) is 4.72 Å². The molecule has 2 aromatic carbocycles. The molecule has 0 saturated heterocycles. The Morgan fingerprint density at radius 2 is 1.92 bits per heavy atom. The molecule has 3 rings (SSSR count). The van der Waals surface area contributed by atoms with Gasteiger partial charge >= 0.3 is 4.87 Å². The Morgan fingerprint density at radius 1 is 1.17 bits per heavy atom. The molecule has 3 aromatic rings. The van der Waals surface area contributed by atoms with E-state index < -0.39 is 10.0 Å². The fourth-order valence-corrected chi connectivity index (χ4v) is 4.91. The van der Waals surface area contributed by atoms with Crippen LogP contribution in [0.3, 0.4) is 0 Å². The van der Waals surface area contributed by atoms with Crippen molar-refractivity contribution < 1.29 is 8.42 Å². The zero-order valence-corrected chi connectivity index (χ0v) is 15.1. The van der Waals surface area contributed by atoms with Gasteiger partial charge in [0.15, 0.2) is 0 Å². The van der Waals surface area contributed by atoms with E-state index in [1.807, 2.05) is 38.1 Å². The molecule has 0 aliphatic rings. The van der Waals surface area contributed by atoms with Gasteiger partial charge in [0.05, 0.1) is 21.7 Å². The molecule has 0 spiro atoms. The van der Waals surface area contributed by atoms with Gasteiger partial charge in [-0.15, -0.1) is 0 Å². The normalized spacial score (nSPS) is 11.8. The zero-order valence-electron chi connectivity index (χ0n) is 13.4. The summed E-state index contributed by atoms with van der Waals surface area (Å²) in [6.45, 7) is 4.39. The van der Waals surface area contributed by atoms with Gasteiger partial charge in [0.1, 0.15) is 0 Å². The topological polar surface area (TPSA) is 68.2 Å². The van der Waals surface area contributed by atoms with Crippen LogP contribution in [0.5, 0.6) is 0 Å². The summed E-state index contributed by atoms with van der Waals surface area (Å²) in [5.74, 6) is -0.0794. The second kappa shape index (κ2) is 6.41. The molecule has 0 aliphatic heterocycles. The molecular weight excluding hydrogens is 344 g/mol. The number of hydrogen-bond acceptors (Lipinski definition) is 4. The zero-order chi connectivity index (χ0) is 17.3. The van der Waals surface area contributed by atoms with Crippen LogP contribution in [0.1, 0.15) is 18.1 Å². The summed E-state index contributed by atoms with van der Waals surface area (Å²) < 4.78 is 29.9. The van der Waals surface area contributed by atoms with Crippen molar-refractivity contribution in [3.63, 3.8) is 0 Å². The highest BCUT2D eigenvalue weighted by molar-refractivity contribution is 7.91. The molecule has 0 fully saturated rings. The van der Waals surface area contributed by atoms with Crippen molar-refractivity contribution >= 4 is 37.3 Å². The van der Waals surface area contributed by atoms with Crippen LogP contribution in [0, 0.1) is 6.92 Å². The molecule has 24 heavy (non-hydrogen) atoms. The molecule has 7 heteroatoms. The van der Waals surface area contributed by atoms with Crippen LogP contribution >= 0.6 is 11.3 Å². The molecule has 1 N–H and O–H groups in total. The molecule has 0 saturated carbocycles. The van der Waals surface area contributed by atoms with Gasteiger partial charge in [0.2, 0.25) is 10.0 Å². The van der Waals surface area contributed by atoms with Crippen molar-refractivity contribution in [2.45, 2.75) is 26.1 Å². The third-order valence-corrected chi connectivity index (χ3v) is 6.04. The number of nitrogens with one attached hydrogen (secondary N) is 1. The van der Waals surface area contributed by atoms with E-state index >= 15 is 0 Å². The summed E-state index contributed by atoms with van der Waals surface area (Å²) in [4.78, 5) is 11.9. The SMILES string of the molecule is CCn1c(=O)sc2cc(NS(=O)(=O)Cc3ccccc3C)ccc21. The van der Waals surface area contributed by atoms with Crippen molar-refractivity contribution in [3.8, 4) is 0 Å². The minimum absolute atomic E-state index is 0.0348. The largest absolute Gasteiger partial charge is 0.308 e. The lowest BCUT2D eigenvalue weighted by Crippen LogP contribution is -2.15. The Bertz CT molecular complexity index is 1050. The molecule has 5 nitrogen and oxygen atoms in total. The standard InChI is InChI=1S/C17H18N2O3S2/c1-3-19-15-9-8-14(10-16(15)23-17(19)20)18-24(21,22)11-13-7-5-4-6-12(13)2/h4-10,18H,3,11H2,1-2H3. The van der Waals surface area contributed by atoms with Gasteiger partial charge in [0, 0.05) is 6.54 Å². The number of rotatable bonds is 5. The number of hydrogen-bond donors (Lipinski definition) is 1. The molecule has 0 unspecified atom stereocenters.